The maximum Gasteiger partial charge on any atom is 0.335 e. The summed E-state index contributed by atoms with van der Waals surface area (Å²) in [6, 6.07) is 20.1. The summed E-state index contributed by atoms with van der Waals surface area (Å²) < 4.78 is 11.6. The normalized spacial score (nSPS) is 14.0. The third-order valence-electron chi connectivity index (χ3n) is 7.12. The van der Waals surface area contributed by atoms with E-state index in [1.807, 2.05) is 36.4 Å². The van der Waals surface area contributed by atoms with Crippen molar-refractivity contribution in [3.05, 3.63) is 107 Å². The van der Waals surface area contributed by atoms with Crippen LogP contribution in [0, 0.1) is 5.92 Å². The van der Waals surface area contributed by atoms with Gasteiger partial charge in [0.05, 0.1) is 25.3 Å². The number of rotatable bonds is 9. The van der Waals surface area contributed by atoms with Crippen molar-refractivity contribution < 1.29 is 19.4 Å². The number of hydrogen-bond donors (Lipinski definition) is 1. The Bertz CT molecular complexity index is 1260. The molecule has 4 heteroatoms. The standard InChI is InChI=1S/C32H34O4/c1-5-21(6-2)19-22-13-15-23(16-14-22)30-26-18-17-25(32(33)34)20-24(26)9-7-10-27(30)31-28(35-3)11-8-12-29(31)36-4/h5,8,11-18,20-21H,1,6-7,9-10,19H2,2-4H3,(H,33,34). The van der Waals surface area contributed by atoms with Crippen LogP contribution in [0.3, 0.4) is 0 Å². The van der Waals surface area contributed by atoms with Crippen molar-refractivity contribution >= 4 is 17.1 Å². The molecule has 3 aromatic rings. The lowest BCUT2D eigenvalue weighted by Gasteiger charge is -2.21. The van der Waals surface area contributed by atoms with Gasteiger partial charge < -0.3 is 14.6 Å². The first-order valence-electron chi connectivity index (χ1n) is 12.5. The zero-order valence-corrected chi connectivity index (χ0v) is 21.3. The Hall–Kier alpha value is -3.79. The zero-order valence-electron chi connectivity index (χ0n) is 21.3. The molecular weight excluding hydrogens is 448 g/mol. The lowest BCUT2D eigenvalue weighted by atomic mass is 9.86. The van der Waals surface area contributed by atoms with E-state index in [1.54, 1.807) is 20.3 Å². The second-order valence-electron chi connectivity index (χ2n) is 9.23. The maximum atomic E-state index is 11.7. The highest BCUT2D eigenvalue weighted by atomic mass is 16.5. The van der Waals surface area contributed by atoms with E-state index < -0.39 is 5.97 Å². The molecule has 1 aliphatic carbocycles. The number of ether oxygens (including phenoxy) is 2. The first-order valence-corrected chi connectivity index (χ1v) is 12.5. The van der Waals surface area contributed by atoms with Gasteiger partial charge in [0.15, 0.2) is 0 Å². The molecule has 186 valence electrons. The molecule has 1 unspecified atom stereocenters. The molecule has 0 radical (unpaired) electrons. The van der Waals surface area contributed by atoms with Gasteiger partial charge in [0.1, 0.15) is 11.5 Å². The topological polar surface area (TPSA) is 55.8 Å². The number of carboxylic acid groups (broad SMARTS) is 1. The Balaban J connectivity index is 1.96. The molecule has 4 nitrogen and oxygen atoms in total. The van der Waals surface area contributed by atoms with Crippen molar-refractivity contribution in [3.8, 4) is 11.5 Å². The van der Waals surface area contributed by atoms with Gasteiger partial charge in [0, 0.05) is 0 Å². The fourth-order valence-electron chi connectivity index (χ4n) is 5.15. The quantitative estimate of drug-likeness (QED) is 0.322. The van der Waals surface area contributed by atoms with Crippen molar-refractivity contribution in [1.29, 1.82) is 0 Å². The molecule has 0 aliphatic heterocycles. The zero-order chi connectivity index (χ0) is 25.7. The molecule has 0 aromatic heterocycles. The van der Waals surface area contributed by atoms with Crippen LogP contribution in [0.4, 0.5) is 0 Å². The molecule has 0 bridgehead atoms. The minimum atomic E-state index is -0.906. The fourth-order valence-corrected chi connectivity index (χ4v) is 5.15. The van der Waals surface area contributed by atoms with E-state index >= 15 is 0 Å². The number of carboxylic acids is 1. The van der Waals surface area contributed by atoms with Gasteiger partial charge in [-0.15, -0.1) is 6.58 Å². The number of benzene rings is 3. The first-order chi connectivity index (χ1) is 17.5. The summed E-state index contributed by atoms with van der Waals surface area (Å²) in [5.74, 6) is 1.08. The van der Waals surface area contributed by atoms with E-state index in [9.17, 15) is 9.90 Å². The summed E-state index contributed by atoms with van der Waals surface area (Å²) >= 11 is 0. The summed E-state index contributed by atoms with van der Waals surface area (Å²) in [5.41, 5.74) is 8.01. The minimum absolute atomic E-state index is 0.316. The van der Waals surface area contributed by atoms with Crippen LogP contribution in [-0.2, 0) is 12.8 Å². The van der Waals surface area contributed by atoms with Crippen LogP contribution in [0.5, 0.6) is 11.5 Å². The van der Waals surface area contributed by atoms with Gasteiger partial charge >= 0.3 is 5.97 Å². The van der Waals surface area contributed by atoms with Crippen molar-refractivity contribution in [3.63, 3.8) is 0 Å². The molecular formula is C32H34O4. The molecule has 0 amide bonds. The number of fused-ring (bicyclic) bond motifs is 1. The van der Waals surface area contributed by atoms with E-state index in [0.717, 1.165) is 77.0 Å². The smallest absolute Gasteiger partial charge is 0.335 e. The predicted octanol–water partition coefficient (Wildman–Crippen LogP) is 7.45. The third kappa shape index (κ3) is 5.08. The molecule has 0 fully saturated rings. The molecule has 0 heterocycles. The van der Waals surface area contributed by atoms with Gasteiger partial charge in [0.2, 0.25) is 0 Å². The highest BCUT2D eigenvalue weighted by Crippen LogP contribution is 2.45. The minimum Gasteiger partial charge on any atom is -0.496 e. The molecule has 1 N–H and O–H groups in total. The van der Waals surface area contributed by atoms with Crippen molar-refractivity contribution in [2.75, 3.05) is 14.2 Å². The van der Waals surface area contributed by atoms with Crippen LogP contribution >= 0.6 is 0 Å². The lowest BCUT2D eigenvalue weighted by molar-refractivity contribution is 0.0696. The number of carbonyl (C=O) groups is 1. The first kappa shape index (κ1) is 25.3. The Morgan fingerprint density at radius 1 is 1.03 bits per heavy atom. The van der Waals surface area contributed by atoms with Gasteiger partial charge in [-0.1, -0.05) is 49.4 Å². The summed E-state index contributed by atoms with van der Waals surface area (Å²) in [4.78, 5) is 11.7. The molecule has 0 saturated heterocycles. The van der Waals surface area contributed by atoms with E-state index in [2.05, 4.69) is 37.8 Å². The van der Waals surface area contributed by atoms with Crippen LogP contribution in [0.1, 0.15) is 64.4 Å². The van der Waals surface area contributed by atoms with E-state index in [1.165, 1.54) is 5.56 Å². The summed E-state index contributed by atoms with van der Waals surface area (Å²) in [6.45, 7) is 6.16. The Morgan fingerprint density at radius 2 is 1.72 bits per heavy atom. The third-order valence-corrected chi connectivity index (χ3v) is 7.12. The molecule has 1 atom stereocenters. The van der Waals surface area contributed by atoms with Crippen molar-refractivity contribution in [2.24, 2.45) is 5.92 Å². The van der Waals surface area contributed by atoms with Crippen molar-refractivity contribution in [1.82, 2.24) is 0 Å². The van der Waals surface area contributed by atoms with Crippen LogP contribution in [0.2, 0.25) is 0 Å². The molecule has 4 rings (SSSR count). The Morgan fingerprint density at radius 3 is 2.31 bits per heavy atom. The largest absolute Gasteiger partial charge is 0.496 e. The number of methoxy groups -OCH3 is 2. The second-order valence-corrected chi connectivity index (χ2v) is 9.23. The fraction of sp³-hybridized carbons (Fsp3) is 0.281. The summed E-state index contributed by atoms with van der Waals surface area (Å²) in [6.07, 6.45) is 6.57. The average molecular weight is 483 g/mol. The number of aryl methyl sites for hydroxylation is 1. The van der Waals surface area contributed by atoms with Crippen molar-refractivity contribution in [2.45, 2.75) is 39.0 Å². The SMILES string of the molecule is C=CC(CC)Cc1ccc(C2=C(c3c(OC)cccc3OC)CCCc3cc(C(=O)O)ccc32)cc1. The van der Waals surface area contributed by atoms with Crippen LogP contribution in [0.25, 0.3) is 11.1 Å². The van der Waals surface area contributed by atoms with E-state index in [4.69, 9.17) is 9.47 Å². The van der Waals surface area contributed by atoms with Gasteiger partial charge in [-0.25, -0.2) is 4.79 Å². The average Bonchev–Trinajstić information content (AvgIpc) is 3.10. The van der Waals surface area contributed by atoms with E-state index in [0.29, 0.717) is 11.5 Å². The number of allylic oxidation sites excluding steroid dienone is 2. The molecule has 0 spiro atoms. The molecule has 36 heavy (non-hydrogen) atoms. The Kier molecular flexibility index (Phi) is 7.94. The van der Waals surface area contributed by atoms with Crippen LogP contribution < -0.4 is 9.47 Å². The molecule has 3 aromatic carbocycles. The predicted molar refractivity (Wildman–Crippen MR) is 146 cm³/mol. The van der Waals surface area contributed by atoms with E-state index in [-0.39, 0.29) is 0 Å². The van der Waals surface area contributed by atoms with Gasteiger partial charge in [0.25, 0.3) is 0 Å². The number of hydrogen-bond acceptors (Lipinski definition) is 3. The summed E-state index contributed by atoms with van der Waals surface area (Å²) in [7, 11) is 3.36. The molecule has 0 saturated carbocycles. The maximum absolute atomic E-state index is 11.7. The second kappa shape index (κ2) is 11.3. The number of aromatic carboxylic acids is 1. The van der Waals surface area contributed by atoms with Gasteiger partial charge in [-0.2, -0.15) is 0 Å². The Labute approximate surface area is 213 Å². The molecule has 1 aliphatic rings. The lowest BCUT2D eigenvalue weighted by Crippen LogP contribution is -2.03. The van der Waals surface area contributed by atoms with Crippen LogP contribution in [0.15, 0.2) is 73.3 Å². The highest BCUT2D eigenvalue weighted by Gasteiger charge is 2.25. The van der Waals surface area contributed by atoms with Crippen LogP contribution in [-0.4, -0.2) is 25.3 Å². The van der Waals surface area contributed by atoms with Gasteiger partial charge in [-0.05, 0) is 95.7 Å². The highest BCUT2D eigenvalue weighted by molar-refractivity contribution is 6.02. The van der Waals surface area contributed by atoms with Gasteiger partial charge in [-0.3, -0.25) is 0 Å². The monoisotopic (exact) mass is 482 g/mol. The summed E-state index contributed by atoms with van der Waals surface area (Å²) in [5, 5.41) is 9.60.